The zero-order chi connectivity index (χ0) is 27.8. The van der Waals surface area contributed by atoms with Crippen molar-refractivity contribution in [3.63, 3.8) is 0 Å². The number of carbonyl (C=O) groups is 2. The van der Waals surface area contributed by atoms with Gasteiger partial charge < -0.3 is 15.0 Å². The lowest BCUT2D eigenvalue weighted by atomic mass is 10.0. The van der Waals surface area contributed by atoms with Gasteiger partial charge in [0.15, 0.2) is 0 Å². The van der Waals surface area contributed by atoms with Crippen molar-refractivity contribution in [1.82, 2.24) is 10.2 Å². The average Bonchev–Trinajstić information content (AvgIpc) is 2.85. The number of ether oxygens (including phenoxy) is 1. The smallest absolute Gasteiger partial charge is 0.244 e. The highest BCUT2D eigenvalue weighted by molar-refractivity contribution is 7.92. The summed E-state index contributed by atoms with van der Waals surface area (Å²) in [5, 5.41) is 2.93. The lowest BCUT2D eigenvalue weighted by Crippen LogP contribution is -2.52. The van der Waals surface area contributed by atoms with Gasteiger partial charge in [0.1, 0.15) is 18.3 Å². The number of methoxy groups -OCH3 is 1. The fourth-order valence-corrected chi connectivity index (χ4v) is 4.94. The molecule has 2 aromatic carbocycles. The van der Waals surface area contributed by atoms with E-state index in [1.807, 2.05) is 58.9 Å². The number of amides is 2. The van der Waals surface area contributed by atoms with Crippen molar-refractivity contribution in [1.29, 1.82) is 0 Å². The minimum Gasteiger partial charge on any atom is -0.497 e. The van der Waals surface area contributed by atoms with Crippen LogP contribution in [0.1, 0.15) is 58.1 Å². The van der Waals surface area contributed by atoms with Gasteiger partial charge in [-0.2, -0.15) is 0 Å². The molecule has 0 aromatic heterocycles. The molecule has 0 fully saturated rings. The van der Waals surface area contributed by atoms with Crippen LogP contribution in [0.15, 0.2) is 48.5 Å². The standard InChI is InChI=1S/C28H41N3O5S/c1-8-25(28(33)29-17-20(2)3)30(18-22-13-15-23(36-6)16-14-22)27(32)19-31(37(7,34)35)26-12-10-9-11-24(26)21(4)5/h9-16,20-21,25H,8,17-19H2,1-7H3,(H,29,33)/t25-/m1/s1. The van der Waals surface area contributed by atoms with Gasteiger partial charge in [-0.25, -0.2) is 8.42 Å². The number of rotatable bonds is 13. The van der Waals surface area contributed by atoms with E-state index in [2.05, 4.69) is 5.32 Å². The molecule has 2 amide bonds. The van der Waals surface area contributed by atoms with Crippen molar-refractivity contribution < 1.29 is 22.7 Å². The Morgan fingerprint density at radius 2 is 1.62 bits per heavy atom. The predicted molar refractivity (Wildman–Crippen MR) is 148 cm³/mol. The first kappa shape index (κ1) is 30.2. The van der Waals surface area contributed by atoms with Crippen molar-refractivity contribution in [3.05, 3.63) is 59.7 Å². The number of sulfonamides is 1. The lowest BCUT2D eigenvalue weighted by molar-refractivity contribution is -0.140. The SMILES string of the molecule is CC[C@H](C(=O)NCC(C)C)N(Cc1ccc(OC)cc1)C(=O)CN(c1ccccc1C(C)C)S(C)(=O)=O. The van der Waals surface area contributed by atoms with E-state index in [-0.39, 0.29) is 24.3 Å². The van der Waals surface area contributed by atoms with E-state index in [9.17, 15) is 18.0 Å². The quantitative estimate of drug-likeness (QED) is 0.419. The van der Waals surface area contributed by atoms with Crippen LogP contribution >= 0.6 is 0 Å². The van der Waals surface area contributed by atoms with Gasteiger partial charge in [0.2, 0.25) is 21.8 Å². The number of hydrogen-bond donors (Lipinski definition) is 1. The van der Waals surface area contributed by atoms with E-state index >= 15 is 0 Å². The monoisotopic (exact) mass is 531 g/mol. The normalized spacial score (nSPS) is 12.4. The van der Waals surface area contributed by atoms with Gasteiger partial charge in [-0.15, -0.1) is 0 Å². The minimum absolute atomic E-state index is 0.0520. The molecular weight excluding hydrogens is 490 g/mol. The summed E-state index contributed by atoms with van der Waals surface area (Å²) in [6, 6.07) is 13.7. The zero-order valence-corrected chi connectivity index (χ0v) is 23.8. The number of benzene rings is 2. The Kier molecular flexibility index (Phi) is 11.0. The summed E-state index contributed by atoms with van der Waals surface area (Å²) < 4.78 is 32.2. The molecule has 0 aliphatic heterocycles. The van der Waals surface area contributed by atoms with Crippen molar-refractivity contribution in [2.75, 3.05) is 30.8 Å². The van der Waals surface area contributed by atoms with Crippen molar-refractivity contribution in [3.8, 4) is 5.75 Å². The maximum atomic E-state index is 13.8. The summed E-state index contributed by atoms with van der Waals surface area (Å²) in [5.41, 5.74) is 2.09. The molecule has 1 N–H and O–H groups in total. The third-order valence-corrected chi connectivity index (χ3v) is 7.22. The van der Waals surface area contributed by atoms with Crippen LogP contribution in [0.3, 0.4) is 0 Å². The molecule has 0 saturated carbocycles. The first-order chi connectivity index (χ1) is 17.4. The molecule has 9 heteroatoms. The second-order valence-corrected chi connectivity index (χ2v) is 11.8. The molecule has 37 heavy (non-hydrogen) atoms. The molecule has 0 spiro atoms. The topological polar surface area (TPSA) is 96.0 Å². The van der Waals surface area contributed by atoms with Crippen molar-refractivity contribution >= 4 is 27.5 Å². The van der Waals surface area contributed by atoms with Gasteiger partial charge in [-0.3, -0.25) is 13.9 Å². The summed E-state index contributed by atoms with van der Waals surface area (Å²) >= 11 is 0. The molecule has 8 nitrogen and oxygen atoms in total. The third kappa shape index (κ3) is 8.49. The number of nitrogens with one attached hydrogen (secondary N) is 1. The largest absolute Gasteiger partial charge is 0.497 e. The molecule has 0 aliphatic rings. The molecular formula is C28H41N3O5S. The second kappa shape index (κ2) is 13.5. The van der Waals surface area contributed by atoms with Gasteiger partial charge in [0, 0.05) is 13.1 Å². The van der Waals surface area contributed by atoms with Crippen LogP contribution in [0, 0.1) is 5.92 Å². The molecule has 2 aromatic rings. The van der Waals surface area contributed by atoms with Crippen LogP contribution in [-0.4, -0.2) is 57.6 Å². The highest BCUT2D eigenvalue weighted by Gasteiger charge is 2.32. The van der Waals surface area contributed by atoms with Gasteiger partial charge in [-0.05, 0) is 47.6 Å². The molecule has 0 unspecified atom stereocenters. The van der Waals surface area contributed by atoms with Gasteiger partial charge in [0.05, 0.1) is 19.1 Å². The number of carbonyl (C=O) groups excluding carboxylic acids is 2. The molecule has 0 aliphatic carbocycles. The van der Waals surface area contributed by atoms with E-state index in [0.717, 1.165) is 21.7 Å². The van der Waals surface area contributed by atoms with E-state index in [1.54, 1.807) is 31.4 Å². The van der Waals surface area contributed by atoms with E-state index in [1.165, 1.54) is 4.90 Å². The predicted octanol–water partition coefficient (Wildman–Crippen LogP) is 4.16. The van der Waals surface area contributed by atoms with Gasteiger partial charge in [-0.1, -0.05) is 65.0 Å². The molecule has 2 rings (SSSR count). The first-order valence-corrected chi connectivity index (χ1v) is 14.5. The van der Waals surface area contributed by atoms with Crippen LogP contribution < -0.4 is 14.4 Å². The number of nitrogens with zero attached hydrogens (tertiary/aromatic N) is 2. The Bertz CT molecular complexity index is 1150. The number of hydrogen-bond acceptors (Lipinski definition) is 5. The second-order valence-electron chi connectivity index (χ2n) is 9.92. The number of para-hydroxylation sites is 1. The Morgan fingerprint density at radius 3 is 2.14 bits per heavy atom. The van der Waals surface area contributed by atoms with E-state index in [4.69, 9.17) is 4.74 Å². The maximum absolute atomic E-state index is 13.8. The van der Waals surface area contributed by atoms with Gasteiger partial charge >= 0.3 is 0 Å². The van der Waals surface area contributed by atoms with E-state index in [0.29, 0.717) is 24.4 Å². The average molecular weight is 532 g/mol. The fraction of sp³-hybridized carbons (Fsp3) is 0.500. The van der Waals surface area contributed by atoms with Crippen LogP contribution in [0.25, 0.3) is 0 Å². The fourth-order valence-electron chi connectivity index (χ4n) is 4.07. The number of anilines is 1. The van der Waals surface area contributed by atoms with Crippen LogP contribution in [-0.2, 0) is 26.2 Å². The molecule has 0 saturated heterocycles. The highest BCUT2D eigenvalue weighted by atomic mass is 32.2. The van der Waals surface area contributed by atoms with E-state index < -0.39 is 28.5 Å². The molecule has 0 radical (unpaired) electrons. The Balaban J connectivity index is 2.48. The van der Waals surface area contributed by atoms with Gasteiger partial charge in [0.25, 0.3) is 0 Å². The molecule has 0 heterocycles. The first-order valence-electron chi connectivity index (χ1n) is 12.7. The lowest BCUT2D eigenvalue weighted by Gasteiger charge is -2.33. The zero-order valence-electron chi connectivity index (χ0n) is 23.0. The van der Waals surface area contributed by atoms with Crippen LogP contribution in [0.2, 0.25) is 0 Å². The Labute approximate surface area is 222 Å². The Hall–Kier alpha value is -3.07. The molecule has 0 bridgehead atoms. The summed E-state index contributed by atoms with van der Waals surface area (Å²) in [4.78, 5) is 28.5. The summed E-state index contributed by atoms with van der Waals surface area (Å²) in [5.74, 6) is 0.270. The van der Waals surface area contributed by atoms with Crippen molar-refractivity contribution in [2.45, 2.75) is 59.5 Å². The minimum atomic E-state index is -3.79. The maximum Gasteiger partial charge on any atom is 0.244 e. The Morgan fingerprint density at radius 1 is 1.00 bits per heavy atom. The third-order valence-electron chi connectivity index (χ3n) is 6.09. The van der Waals surface area contributed by atoms with Crippen LogP contribution in [0.4, 0.5) is 5.69 Å². The molecule has 1 atom stereocenters. The highest BCUT2D eigenvalue weighted by Crippen LogP contribution is 2.29. The summed E-state index contributed by atoms with van der Waals surface area (Å²) in [7, 11) is -2.21. The van der Waals surface area contributed by atoms with Crippen LogP contribution in [0.5, 0.6) is 5.75 Å². The summed E-state index contributed by atoms with van der Waals surface area (Å²) in [6.07, 6.45) is 1.48. The summed E-state index contributed by atoms with van der Waals surface area (Å²) in [6.45, 7) is 10.0. The van der Waals surface area contributed by atoms with Crippen molar-refractivity contribution in [2.24, 2.45) is 5.92 Å². The molecule has 204 valence electrons.